The van der Waals surface area contributed by atoms with Gasteiger partial charge < -0.3 is 47.4 Å². The van der Waals surface area contributed by atoms with Gasteiger partial charge in [-0.15, -0.1) is 0 Å². The zero-order valence-corrected chi connectivity index (χ0v) is 37.4. The van der Waals surface area contributed by atoms with Crippen molar-refractivity contribution in [2.45, 2.75) is 101 Å². The standard InChI is InChI=1S/C56H60O10/c1-57-56-54(62-37-44-28-16-6-17-29-44)53(61-36-43-26-14-5-15-27-43)51(48(65-56)39-58-33-40-20-8-2-9-21-40)64-47-32-46-38-63-55(45-30-18-7-19-31-45)66-49(46)52(60-35-42-24-12-4-13-25-42)50(47)59-34-41-22-10-3-11-23-41/h2-31,46-56H,32-39H2,1H3/t46-,47-,48-,49-,50+,51-,52+,53+,54-,55-,56-/m1/s1. The van der Waals surface area contributed by atoms with E-state index in [-0.39, 0.29) is 18.6 Å². The summed E-state index contributed by atoms with van der Waals surface area (Å²) in [5.41, 5.74) is 6.09. The van der Waals surface area contributed by atoms with Gasteiger partial charge in [0.2, 0.25) is 0 Å². The summed E-state index contributed by atoms with van der Waals surface area (Å²) in [5.74, 6) is -0.0925. The van der Waals surface area contributed by atoms with Crippen LogP contribution in [0.1, 0.15) is 46.1 Å². The van der Waals surface area contributed by atoms with Gasteiger partial charge in [-0.3, -0.25) is 0 Å². The lowest BCUT2D eigenvalue weighted by Gasteiger charge is -2.52. The largest absolute Gasteiger partial charge is 0.374 e. The molecule has 0 spiro atoms. The van der Waals surface area contributed by atoms with Crippen molar-refractivity contribution >= 4 is 0 Å². The second-order valence-electron chi connectivity index (χ2n) is 17.1. The molecule has 2 aliphatic heterocycles. The van der Waals surface area contributed by atoms with Crippen LogP contribution < -0.4 is 0 Å². The van der Waals surface area contributed by atoms with Crippen molar-refractivity contribution in [2.75, 3.05) is 20.3 Å². The quantitative estimate of drug-likeness (QED) is 0.0738. The van der Waals surface area contributed by atoms with E-state index in [9.17, 15) is 0 Å². The highest BCUT2D eigenvalue weighted by molar-refractivity contribution is 5.19. The maximum absolute atomic E-state index is 7.59. The van der Waals surface area contributed by atoms with Crippen LogP contribution in [-0.2, 0) is 80.4 Å². The van der Waals surface area contributed by atoms with Crippen molar-refractivity contribution in [3.05, 3.63) is 215 Å². The smallest absolute Gasteiger partial charge is 0.186 e. The summed E-state index contributed by atoms with van der Waals surface area (Å²) in [4.78, 5) is 0. The Morgan fingerprint density at radius 3 is 1.39 bits per heavy atom. The van der Waals surface area contributed by atoms with Crippen LogP contribution in [0.3, 0.4) is 0 Å². The van der Waals surface area contributed by atoms with Crippen LogP contribution in [0.5, 0.6) is 0 Å². The zero-order chi connectivity index (χ0) is 44.8. The number of hydrogen-bond acceptors (Lipinski definition) is 10. The average Bonchev–Trinajstić information content (AvgIpc) is 3.38. The van der Waals surface area contributed by atoms with Crippen molar-refractivity contribution in [1.82, 2.24) is 0 Å². The van der Waals surface area contributed by atoms with E-state index in [4.69, 9.17) is 47.4 Å². The highest BCUT2D eigenvalue weighted by Crippen LogP contribution is 2.43. The minimum absolute atomic E-state index is 0.0925. The third kappa shape index (κ3) is 12.1. The summed E-state index contributed by atoms with van der Waals surface area (Å²) in [5, 5.41) is 0. The molecule has 6 aromatic carbocycles. The Hall–Kier alpha value is -5.08. The molecule has 10 nitrogen and oxygen atoms in total. The molecule has 3 fully saturated rings. The number of ether oxygens (including phenoxy) is 10. The van der Waals surface area contributed by atoms with Gasteiger partial charge in [0, 0.05) is 18.6 Å². The third-order valence-electron chi connectivity index (χ3n) is 12.5. The van der Waals surface area contributed by atoms with E-state index in [0.29, 0.717) is 46.1 Å². The Kier molecular flexibility index (Phi) is 16.5. The fourth-order valence-corrected chi connectivity index (χ4v) is 9.16. The first-order valence-corrected chi connectivity index (χ1v) is 23.1. The van der Waals surface area contributed by atoms with Crippen LogP contribution in [0.2, 0.25) is 0 Å². The minimum atomic E-state index is -0.794. The maximum Gasteiger partial charge on any atom is 0.186 e. The summed E-state index contributed by atoms with van der Waals surface area (Å²) in [6, 6.07) is 60.8. The summed E-state index contributed by atoms with van der Waals surface area (Å²) in [6.07, 6.45) is -5.54. The molecule has 3 aliphatic rings. The SMILES string of the molecule is CO[C@@H]1O[C@H](COCc2ccccc2)[C@@H](O[C@@H]2C[C@@H]3CO[C@@H](c4ccccc4)O[C@H]3[C@H](OCc3ccccc3)[C@H]2OCc2ccccc2)[C@H](OCc2ccccc2)[C@H]1OCc1ccccc1. The van der Waals surface area contributed by atoms with Gasteiger partial charge in [-0.1, -0.05) is 182 Å². The van der Waals surface area contributed by atoms with E-state index in [1.807, 2.05) is 146 Å². The molecule has 1 saturated carbocycles. The molecule has 2 saturated heterocycles. The molecule has 0 bridgehead atoms. The molecule has 0 unspecified atom stereocenters. The van der Waals surface area contributed by atoms with E-state index in [1.54, 1.807) is 7.11 Å². The molecule has 0 aromatic heterocycles. The first kappa shape index (κ1) is 46.0. The van der Waals surface area contributed by atoms with Gasteiger partial charge in [0.15, 0.2) is 12.6 Å². The highest BCUT2D eigenvalue weighted by atomic mass is 16.7. The topological polar surface area (TPSA) is 92.3 Å². The zero-order valence-electron chi connectivity index (χ0n) is 37.4. The Morgan fingerprint density at radius 1 is 0.455 bits per heavy atom. The van der Waals surface area contributed by atoms with Gasteiger partial charge in [-0.25, -0.2) is 0 Å². The van der Waals surface area contributed by atoms with Crippen molar-refractivity contribution in [3.8, 4) is 0 Å². The summed E-state index contributed by atoms with van der Waals surface area (Å²) < 4.78 is 68.5. The molecule has 6 aromatic rings. The van der Waals surface area contributed by atoms with Crippen molar-refractivity contribution in [2.24, 2.45) is 5.92 Å². The van der Waals surface area contributed by atoms with Gasteiger partial charge in [0.1, 0.15) is 36.6 Å². The molecule has 344 valence electrons. The lowest BCUT2D eigenvalue weighted by molar-refractivity contribution is -0.345. The number of rotatable bonds is 20. The Labute approximate surface area is 388 Å². The van der Waals surface area contributed by atoms with Crippen LogP contribution in [-0.4, -0.2) is 75.4 Å². The highest BCUT2D eigenvalue weighted by Gasteiger charge is 2.55. The summed E-state index contributed by atoms with van der Waals surface area (Å²) >= 11 is 0. The first-order chi connectivity index (χ1) is 32.7. The van der Waals surface area contributed by atoms with Crippen LogP contribution in [0.25, 0.3) is 0 Å². The molecular weight excluding hydrogens is 833 g/mol. The molecule has 0 N–H and O–H groups in total. The van der Waals surface area contributed by atoms with Gasteiger partial charge in [-0.2, -0.15) is 0 Å². The third-order valence-corrected chi connectivity index (χ3v) is 12.5. The molecular formula is C56H60O10. The van der Waals surface area contributed by atoms with E-state index in [0.717, 1.165) is 33.4 Å². The molecule has 0 amide bonds. The van der Waals surface area contributed by atoms with Crippen LogP contribution in [0.15, 0.2) is 182 Å². The minimum Gasteiger partial charge on any atom is -0.374 e. The Bertz CT molecular complexity index is 2270. The average molecular weight is 893 g/mol. The van der Waals surface area contributed by atoms with Gasteiger partial charge >= 0.3 is 0 Å². The maximum atomic E-state index is 7.59. The molecule has 66 heavy (non-hydrogen) atoms. The van der Waals surface area contributed by atoms with E-state index >= 15 is 0 Å². The monoisotopic (exact) mass is 892 g/mol. The fraction of sp³-hybridized carbons (Fsp3) is 0.357. The fourth-order valence-electron chi connectivity index (χ4n) is 9.16. The van der Waals surface area contributed by atoms with Crippen molar-refractivity contribution in [3.63, 3.8) is 0 Å². The van der Waals surface area contributed by atoms with Gasteiger partial charge in [0.05, 0.1) is 58.5 Å². The van der Waals surface area contributed by atoms with Crippen LogP contribution in [0, 0.1) is 5.92 Å². The Morgan fingerprint density at radius 2 is 0.894 bits per heavy atom. The van der Waals surface area contributed by atoms with Gasteiger partial charge in [-0.05, 0) is 34.2 Å². The number of methoxy groups -OCH3 is 1. The summed E-state index contributed by atoms with van der Waals surface area (Å²) in [6.45, 7) is 2.32. The summed E-state index contributed by atoms with van der Waals surface area (Å²) in [7, 11) is 1.63. The van der Waals surface area contributed by atoms with Crippen molar-refractivity contribution in [1.29, 1.82) is 0 Å². The first-order valence-electron chi connectivity index (χ1n) is 23.1. The van der Waals surface area contributed by atoms with E-state index in [1.165, 1.54) is 0 Å². The normalized spacial score (nSPS) is 27.5. The lowest BCUT2D eigenvalue weighted by Crippen LogP contribution is -2.65. The van der Waals surface area contributed by atoms with E-state index < -0.39 is 55.3 Å². The molecule has 9 rings (SSSR count). The molecule has 0 radical (unpaired) electrons. The predicted molar refractivity (Wildman–Crippen MR) is 249 cm³/mol. The Balaban J connectivity index is 1.08. The molecule has 11 atom stereocenters. The number of hydrogen-bond donors (Lipinski definition) is 0. The number of benzene rings is 6. The molecule has 10 heteroatoms. The van der Waals surface area contributed by atoms with Crippen LogP contribution in [0.4, 0.5) is 0 Å². The van der Waals surface area contributed by atoms with E-state index in [2.05, 4.69) is 36.4 Å². The molecule has 2 heterocycles. The second-order valence-corrected chi connectivity index (χ2v) is 17.1. The van der Waals surface area contributed by atoms with Crippen LogP contribution >= 0.6 is 0 Å². The second kappa shape index (κ2) is 23.6. The molecule has 1 aliphatic carbocycles. The van der Waals surface area contributed by atoms with Crippen molar-refractivity contribution < 1.29 is 47.4 Å². The van der Waals surface area contributed by atoms with Gasteiger partial charge in [0.25, 0.3) is 0 Å². The lowest BCUT2D eigenvalue weighted by atomic mass is 9.79. The predicted octanol–water partition coefficient (Wildman–Crippen LogP) is 9.80. The number of fused-ring (bicyclic) bond motifs is 1.